The van der Waals surface area contributed by atoms with Gasteiger partial charge in [0.2, 0.25) is 17.7 Å². The van der Waals surface area contributed by atoms with Crippen molar-refractivity contribution in [3.63, 3.8) is 0 Å². The number of rotatable bonds is 10. The fourth-order valence-electron chi connectivity index (χ4n) is 3.31. The monoisotopic (exact) mass is 430 g/mol. The van der Waals surface area contributed by atoms with Crippen LogP contribution in [-0.4, -0.2) is 86.8 Å². The number of carbonyl (C=O) groups is 4. The average Bonchev–Trinajstić information content (AvgIpc) is 3.12. The van der Waals surface area contributed by atoms with Crippen LogP contribution in [0.1, 0.15) is 47.0 Å². The molecule has 0 spiro atoms. The molecule has 0 saturated carbocycles. The van der Waals surface area contributed by atoms with Gasteiger partial charge in [0.05, 0.1) is 12.2 Å². The van der Waals surface area contributed by atoms with E-state index in [0.717, 1.165) is 0 Å². The first-order valence-electron chi connectivity index (χ1n) is 10.1. The van der Waals surface area contributed by atoms with Crippen molar-refractivity contribution in [2.24, 2.45) is 11.7 Å². The number of hydrogen-bond donors (Lipinski definition) is 6. The predicted molar refractivity (Wildman–Crippen MR) is 107 cm³/mol. The van der Waals surface area contributed by atoms with Crippen LogP contribution in [0.2, 0.25) is 0 Å². The number of carbonyl (C=O) groups excluding carboxylic acids is 3. The molecule has 11 nitrogen and oxygen atoms in total. The lowest BCUT2D eigenvalue weighted by Crippen LogP contribution is -2.58. The van der Waals surface area contributed by atoms with E-state index in [1.165, 1.54) is 18.7 Å². The standard InChI is InChI=1S/C19H34N4O7/c1-9(2)8-12(16(26)22-15(11(4)25)19(29)30)21-17(27)13-6-5-7-23(13)18(28)14(20)10(3)24/h9-15,24-25H,5-8,20H2,1-4H3,(H,21,27)(H,22,26)(H,29,30)/t10-,11-,12+,13+,14+,15+/m1/s1. The Kier molecular flexibility index (Phi) is 9.66. The topological polar surface area (TPSA) is 182 Å². The van der Waals surface area contributed by atoms with E-state index in [1.54, 1.807) is 0 Å². The number of hydrogen-bond acceptors (Lipinski definition) is 7. The summed E-state index contributed by atoms with van der Waals surface area (Å²) in [4.78, 5) is 50.5. The van der Waals surface area contributed by atoms with Crippen LogP contribution in [0.3, 0.4) is 0 Å². The molecule has 1 saturated heterocycles. The summed E-state index contributed by atoms with van der Waals surface area (Å²) in [5.41, 5.74) is 5.71. The zero-order valence-electron chi connectivity index (χ0n) is 17.9. The van der Waals surface area contributed by atoms with E-state index in [0.29, 0.717) is 19.4 Å². The minimum absolute atomic E-state index is 0.000789. The number of amides is 3. The number of likely N-dealkylation sites (tertiary alicyclic amines) is 1. The van der Waals surface area contributed by atoms with Gasteiger partial charge >= 0.3 is 5.97 Å². The first kappa shape index (κ1) is 25.8. The maximum Gasteiger partial charge on any atom is 0.328 e. The number of aliphatic carboxylic acids is 1. The molecule has 6 atom stereocenters. The Morgan fingerprint density at radius 1 is 1.07 bits per heavy atom. The fourth-order valence-corrected chi connectivity index (χ4v) is 3.31. The first-order valence-corrected chi connectivity index (χ1v) is 10.1. The average molecular weight is 431 g/mol. The van der Waals surface area contributed by atoms with Gasteiger partial charge in [0.25, 0.3) is 0 Å². The summed E-state index contributed by atoms with van der Waals surface area (Å²) < 4.78 is 0. The number of nitrogens with zero attached hydrogens (tertiary/aromatic N) is 1. The molecule has 1 aliphatic rings. The first-order chi connectivity index (χ1) is 13.9. The van der Waals surface area contributed by atoms with Gasteiger partial charge in [0.1, 0.15) is 18.1 Å². The van der Waals surface area contributed by atoms with Gasteiger partial charge in [-0.1, -0.05) is 13.8 Å². The number of nitrogens with one attached hydrogen (secondary N) is 2. The highest BCUT2D eigenvalue weighted by molar-refractivity contribution is 5.94. The molecule has 0 unspecified atom stereocenters. The molecular weight excluding hydrogens is 396 g/mol. The van der Waals surface area contributed by atoms with Crippen molar-refractivity contribution >= 4 is 23.7 Å². The third kappa shape index (κ3) is 6.92. The molecular formula is C19H34N4O7. The van der Waals surface area contributed by atoms with Crippen molar-refractivity contribution in [2.75, 3.05) is 6.54 Å². The number of carboxylic acids is 1. The van der Waals surface area contributed by atoms with Gasteiger partial charge in [-0.05, 0) is 39.0 Å². The molecule has 0 aromatic carbocycles. The molecule has 0 bridgehead atoms. The zero-order chi connectivity index (χ0) is 23.2. The Bertz CT molecular complexity index is 638. The van der Waals surface area contributed by atoms with Crippen LogP contribution in [-0.2, 0) is 19.2 Å². The van der Waals surface area contributed by atoms with Crippen LogP contribution >= 0.6 is 0 Å². The van der Waals surface area contributed by atoms with Crippen LogP contribution in [0.4, 0.5) is 0 Å². The van der Waals surface area contributed by atoms with Crippen LogP contribution in [0.5, 0.6) is 0 Å². The maximum atomic E-state index is 12.8. The Hall–Kier alpha value is -2.24. The van der Waals surface area contributed by atoms with Crippen LogP contribution in [0, 0.1) is 5.92 Å². The highest BCUT2D eigenvalue weighted by atomic mass is 16.4. The second-order valence-corrected chi connectivity index (χ2v) is 8.21. The minimum Gasteiger partial charge on any atom is -0.480 e. The van der Waals surface area contributed by atoms with E-state index in [9.17, 15) is 29.4 Å². The quantitative estimate of drug-likeness (QED) is 0.234. The van der Waals surface area contributed by atoms with Crippen LogP contribution in [0.25, 0.3) is 0 Å². The summed E-state index contributed by atoms with van der Waals surface area (Å²) in [5, 5.41) is 33.2. The third-order valence-electron chi connectivity index (χ3n) is 5.03. The molecule has 1 heterocycles. The highest BCUT2D eigenvalue weighted by Crippen LogP contribution is 2.19. The molecule has 0 aromatic rings. The maximum absolute atomic E-state index is 12.8. The van der Waals surface area contributed by atoms with Crippen molar-refractivity contribution in [3.8, 4) is 0 Å². The molecule has 3 amide bonds. The van der Waals surface area contributed by atoms with Gasteiger partial charge in [-0.15, -0.1) is 0 Å². The summed E-state index contributed by atoms with van der Waals surface area (Å²) in [6, 6.07) is -4.55. The van der Waals surface area contributed by atoms with Gasteiger partial charge in [-0.3, -0.25) is 14.4 Å². The Morgan fingerprint density at radius 2 is 1.67 bits per heavy atom. The Labute approximate surface area is 176 Å². The molecule has 0 aromatic heterocycles. The number of carboxylic acid groups (broad SMARTS) is 1. The summed E-state index contributed by atoms with van der Waals surface area (Å²) >= 11 is 0. The van der Waals surface area contributed by atoms with Crippen LogP contribution in [0.15, 0.2) is 0 Å². The summed E-state index contributed by atoms with van der Waals surface area (Å²) in [6.45, 7) is 6.60. The van der Waals surface area contributed by atoms with Crippen LogP contribution < -0.4 is 16.4 Å². The van der Waals surface area contributed by atoms with Crippen molar-refractivity contribution in [3.05, 3.63) is 0 Å². The fraction of sp³-hybridized carbons (Fsp3) is 0.789. The second-order valence-electron chi connectivity index (χ2n) is 8.21. The smallest absolute Gasteiger partial charge is 0.328 e. The van der Waals surface area contributed by atoms with Gasteiger partial charge in [0.15, 0.2) is 6.04 Å². The summed E-state index contributed by atoms with van der Waals surface area (Å²) in [7, 11) is 0. The molecule has 1 fully saturated rings. The van der Waals surface area contributed by atoms with E-state index in [-0.39, 0.29) is 12.3 Å². The van der Waals surface area contributed by atoms with E-state index in [2.05, 4.69) is 10.6 Å². The third-order valence-corrected chi connectivity index (χ3v) is 5.03. The van der Waals surface area contributed by atoms with E-state index >= 15 is 0 Å². The molecule has 0 aliphatic carbocycles. The van der Waals surface area contributed by atoms with E-state index in [1.807, 2.05) is 13.8 Å². The predicted octanol–water partition coefficient (Wildman–Crippen LogP) is -1.83. The van der Waals surface area contributed by atoms with Crippen molar-refractivity contribution in [2.45, 2.75) is 83.3 Å². The van der Waals surface area contributed by atoms with Gasteiger partial charge < -0.3 is 36.6 Å². The van der Waals surface area contributed by atoms with E-state index < -0.39 is 60.1 Å². The van der Waals surface area contributed by atoms with Gasteiger partial charge in [-0.25, -0.2) is 4.79 Å². The Balaban J connectivity index is 2.93. The molecule has 1 rings (SSSR count). The van der Waals surface area contributed by atoms with Crippen molar-refractivity contribution in [1.82, 2.24) is 15.5 Å². The number of aliphatic hydroxyl groups is 2. The lowest BCUT2D eigenvalue weighted by molar-refractivity contribution is -0.146. The highest BCUT2D eigenvalue weighted by Gasteiger charge is 2.39. The summed E-state index contributed by atoms with van der Waals surface area (Å²) in [5.74, 6) is -3.23. The Morgan fingerprint density at radius 3 is 2.13 bits per heavy atom. The number of nitrogens with two attached hydrogens (primary N) is 1. The van der Waals surface area contributed by atoms with Gasteiger partial charge in [-0.2, -0.15) is 0 Å². The molecule has 7 N–H and O–H groups in total. The molecule has 172 valence electrons. The van der Waals surface area contributed by atoms with E-state index in [4.69, 9.17) is 10.8 Å². The largest absolute Gasteiger partial charge is 0.480 e. The van der Waals surface area contributed by atoms with Gasteiger partial charge in [0, 0.05) is 6.54 Å². The van der Waals surface area contributed by atoms with Crippen molar-refractivity contribution < 1.29 is 34.5 Å². The molecule has 1 aliphatic heterocycles. The summed E-state index contributed by atoms with van der Waals surface area (Å²) in [6.07, 6.45) is -1.22. The van der Waals surface area contributed by atoms with Crippen molar-refractivity contribution in [1.29, 1.82) is 0 Å². The SMILES string of the molecule is CC(C)C[C@H](NC(=O)[C@@H]1CCCN1C(=O)[C@@H](N)[C@@H](C)O)C(=O)N[C@H](C(=O)O)[C@@H](C)O. The molecule has 11 heteroatoms. The molecule has 30 heavy (non-hydrogen) atoms. The lowest BCUT2D eigenvalue weighted by Gasteiger charge is -2.29. The second kappa shape index (κ2) is 11.2. The number of aliphatic hydroxyl groups excluding tert-OH is 2. The normalized spacial score (nSPS) is 21.5. The molecule has 0 radical (unpaired) electrons. The zero-order valence-corrected chi connectivity index (χ0v) is 17.9. The minimum atomic E-state index is -1.52. The lowest BCUT2D eigenvalue weighted by atomic mass is 10.0.